The molecular formula is C41H41N9O4S. The summed E-state index contributed by atoms with van der Waals surface area (Å²) in [5.74, 6) is 2.71. The van der Waals surface area contributed by atoms with Crippen molar-refractivity contribution < 1.29 is 19.0 Å². The number of carbonyl (C=O) groups excluding carboxylic acids is 1. The number of hydrogen-bond donors (Lipinski definition) is 3. The number of urea groups is 1. The maximum absolute atomic E-state index is 13.6. The van der Waals surface area contributed by atoms with Crippen LogP contribution in [0.5, 0.6) is 17.4 Å². The van der Waals surface area contributed by atoms with Crippen molar-refractivity contribution in [1.29, 1.82) is 0 Å². The molecule has 1 fully saturated rings. The number of benzene rings is 4. The fraction of sp³-hybridized carbons (Fsp3) is 0.244. The molecule has 0 unspecified atom stereocenters. The fourth-order valence-corrected chi connectivity index (χ4v) is 7.01. The van der Waals surface area contributed by atoms with E-state index in [1.54, 1.807) is 16.9 Å². The summed E-state index contributed by atoms with van der Waals surface area (Å²) < 4.78 is 24.9. The van der Waals surface area contributed by atoms with Gasteiger partial charge in [-0.3, -0.25) is 10.2 Å². The molecular weight excluding hydrogens is 715 g/mol. The number of carbonyl (C=O) groups is 1. The molecule has 2 amide bonds. The lowest BCUT2D eigenvalue weighted by Crippen LogP contribution is -2.38. The Labute approximate surface area is 322 Å². The molecule has 1 saturated heterocycles. The van der Waals surface area contributed by atoms with Crippen molar-refractivity contribution in [3.63, 3.8) is 0 Å². The smallest absolute Gasteiger partial charge is 0.324 e. The van der Waals surface area contributed by atoms with Crippen molar-refractivity contribution in [3.05, 3.63) is 109 Å². The lowest BCUT2D eigenvalue weighted by atomic mass is 10.1. The van der Waals surface area contributed by atoms with E-state index in [-0.39, 0.29) is 0 Å². The maximum Gasteiger partial charge on any atom is 0.324 e. The molecule has 1 aliphatic heterocycles. The van der Waals surface area contributed by atoms with Crippen molar-refractivity contribution >= 4 is 61.6 Å². The summed E-state index contributed by atoms with van der Waals surface area (Å²) in [5, 5.41) is 16.8. The predicted molar refractivity (Wildman–Crippen MR) is 217 cm³/mol. The highest BCUT2D eigenvalue weighted by atomic mass is 32.1. The fourth-order valence-electron chi connectivity index (χ4n) is 6.39. The minimum Gasteiger partial charge on any atom is -0.492 e. The molecule has 4 heterocycles. The van der Waals surface area contributed by atoms with Crippen LogP contribution in [-0.4, -0.2) is 74.5 Å². The average Bonchev–Trinajstić information content (AvgIpc) is 3.85. The second kappa shape index (κ2) is 16.9. The number of hydrogen-bond acceptors (Lipinski definition) is 11. The van der Waals surface area contributed by atoms with Crippen LogP contribution in [0.1, 0.15) is 25.5 Å². The molecule has 0 bridgehead atoms. The molecule has 3 N–H and O–H groups in total. The largest absolute Gasteiger partial charge is 0.492 e. The summed E-state index contributed by atoms with van der Waals surface area (Å²) in [5.41, 5.74) is 3.19. The van der Waals surface area contributed by atoms with Gasteiger partial charge >= 0.3 is 6.03 Å². The zero-order chi connectivity index (χ0) is 37.4. The number of anilines is 4. The Kier molecular flexibility index (Phi) is 11.1. The van der Waals surface area contributed by atoms with Gasteiger partial charge in [-0.15, -0.1) is 0 Å². The second-order valence-electron chi connectivity index (χ2n) is 13.1. The molecule has 7 aromatic rings. The second-order valence-corrected chi connectivity index (χ2v) is 13.9. The van der Waals surface area contributed by atoms with Gasteiger partial charge in [-0.25, -0.2) is 14.5 Å². The number of aryl methyl sites for hydroxylation is 1. The van der Waals surface area contributed by atoms with Crippen LogP contribution in [0.2, 0.25) is 0 Å². The van der Waals surface area contributed by atoms with E-state index in [0.717, 1.165) is 95.8 Å². The Morgan fingerprint density at radius 3 is 2.65 bits per heavy atom. The standard InChI is InChI=1S/C41H41N9O4S/c1-2-3-6-30-26-38(50(48-30)31-10-12-32(13-11-31)53-24-21-49-19-22-52-23-20-49)46-41(51)45-35-14-15-36(34-8-5-4-7-33(34)35)54-39-17-18-42-40(47-39)44-29-9-16-37-28(25-29)27-43-55-37/h4-5,7-18,25-27H,2-3,6,19-24H2,1H3,(H,42,44,47)(H2,45,46,51). The van der Waals surface area contributed by atoms with Crippen LogP contribution in [0.15, 0.2) is 103 Å². The number of fused-ring (bicyclic) bond motifs is 2. The summed E-state index contributed by atoms with van der Waals surface area (Å²) in [6.45, 7) is 6.99. The van der Waals surface area contributed by atoms with Gasteiger partial charge in [0.1, 0.15) is 23.9 Å². The first-order valence-electron chi connectivity index (χ1n) is 18.4. The minimum absolute atomic E-state index is 0.374. The van der Waals surface area contributed by atoms with Gasteiger partial charge in [0.05, 0.1) is 35.0 Å². The Morgan fingerprint density at radius 1 is 0.945 bits per heavy atom. The Bertz CT molecular complexity index is 2390. The number of amides is 2. The number of ether oxygens (including phenoxy) is 3. The number of unbranched alkanes of at least 4 members (excludes halogenated alkanes) is 1. The molecule has 0 atom stereocenters. The highest BCUT2D eigenvalue weighted by Gasteiger charge is 2.16. The van der Waals surface area contributed by atoms with Gasteiger partial charge in [-0.1, -0.05) is 37.6 Å². The monoisotopic (exact) mass is 755 g/mol. The number of nitrogens with zero attached hydrogens (tertiary/aromatic N) is 6. The third-order valence-corrected chi connectivity index (χ3v) is 10.0. The first kappa shape index (κ1) is 35.9. The summed E-state index contributed by atoms with van der Waals surface area (Å²) in [6, 6.07) is 28.4. The van der Waals surface area contributed by atoms with Gasteiger partial charge < -0.3 is 24.8 Å². The molecule has 3 aromatic heterocycles. The average molecular weight is 756 g/mol. The zero-order valence-electron chi connectivity index (χ0n) is 30.4. The number of nitrogens with one attached hydrogen (secondary N) is 3. The van der Waals surface area contributed by atoms with E-state index < -0.39 is 6.03 Å². The van der Waals surface area contributed by atoms with Crippen molar-refractivity contribution in [2.24, 2.45) is 0 Å². The van der Waals surface area contributed by atoms with Gasteiger partial charge in [-0.05, 0) is 79.0 Å². The molecule has 1 aliphatic rings. The Hall–Kier alpha value is -6.09. The number of aromatic nitrogens is 5. The topological polar surface area (TPSA) is 141 Å². The van der Waals surface area contributed by atoms with E-state index in [4.69, 9.17) is 19.3 Å². The molecule has 0 aliphatic carbocycles. The molecule has 8 rings (SSSR count). The minimum atomic E-state index is -0.395. The number of rotatable bonds is 14. The summed E-state index contributed by atoms with van der Waals surface area (Å²) in [4.78, 5) is 24.9. The zero-order valence-corrected chi connectivity index (χ0v) is 31.2. The molecule has 55 heavy (non-hydrogen) atoms. The van der Waals surface area contributed by atoms with Gasteiger partial charge in [0, 0.05) is 66.0 Å². The SMILES string of the molecule is CCCCc1cc(NC(=O)Nc2ccc(Oc3ccnc(Nc4ccc5sncc5c4)n3)c3ccccc23)n(-c2ccc(OCCN3CCOCC3)cc2)n1. The van der Waals surface area contributed by atoms with Crippen LogP contribution in [0, 0.1) is 0 Å². The van der Waals surface area contributed by atoms with E-state index >= 15 is 0 Å². The lowest BCUT2D eigenvalue weighted by molar-refractivity contribution is 0.0322. The van der Waals surface area contributed by atoms with Gasteiger partial charge in [0.2, 0.25) is 11.8 Å². The van der Waals surface area contributed by atoms with Crippen molar-refractivity contribution in [2.45, 2.75) is 26.2 Å². The Balaban J connectivity index is 0.953. The summed E-state index contributed by atoms with van der Waals surface area (Å²) >= 11 is 1.45. The summed E-state index contributed by atoms with van der Waals surface area (Å²) in [6.07, 6.45) is 6.32. The van der Waals surface area contributed by atoms with E-state index in [0.29, 0.717) is 35.7 Å². The third kappa shape index (κ3) is 8.83. The van der Waals surface area contributed by atoms with E-state index in [1.165, 1.54) is 11.5 Å². The van der Waals surface area contributed by atoms with Crippen LogP contribution >= 0.6 is 11.5 Å². The van der Waals surface area contributed by atoms with E-state index in [2.05, 4.69) is 42.1 Å². The van der Waals surface area contributed by atoms with Crippen LogP contribution in [0.25, 0.3) is 26.5 Å². The van der Waals surface area contributed by atoms with Crippen LogP contribution in [0.3, 0.4) is 0 Å². The predicted octanol–water partition coefficient (Wildman–Crippen LogP) is 8.66. The molecule has 0 saturated carbocycles. The molecule has 13 nitrogen and oxygen atoms in total. The molecule has 4 aromatic carbocycles. The van der Waals surface area contributed by atoms with Crippen LogP contribution in [0.4, 0.5) is 27.9 Å². The summed E-state index contributed by atoms with van der Waals surface area (Å²) in [7, 11) is 0. The maximum atomic E-state index is 13.6. The van der Waals surface area contributed by atoms with E-state index in [9.17, 15) is 4.79 Å². The highest BCUT2D eigenvalue weighted by Crippen LogP contribution is 2.34. The number of morpholine rings is 1. The highest BCUT2D eigenvalue weighted by molar-refractivity contribution is 7.13. The van der Waals surface area contributed by atoms with Gasteiger partial charge in [0.15, 0.2) is 0 Å². The van der Waals surface area contributed by atoms with Crippen molar-refractivity contribution in [2.75, 3.05) is 55.4 Å². The first-order chi connectivity index (χ1) is 27.1. The van der Waals surface area contributed by atoms with Crippen LogP contribution < -0.4 is 25.4 Å². The molecule has 0 radical (unpaired) electrons. The lowest BCUT2D eigenvalue weighted by Gasteiger charge is -2.26. The first-order valence-corrected chi connectivity index (χ1v) is 19.2. The quantitative estimate of drug-likeness (QED) is 0.0988. The van der Waals surface area contributed by atoms with Crippen molar-refractivity contribution in [3.8, 4) is 23.1 Å². The molecule has 0 spiro atoms. The molecule has 280 valence electrons. The third-order valence-electron chi connectivity index (χ3n) is 9.23. The van der Waals surface area contributed by atoms with Gasteiger partial charge in [-0.2, -0.15) is 14.5 Å². The molecule has 14 heteroatoms. The van der Waals surface area contributed by atoms with E-state index in [1.807, 2.05) is 91.1 Å². The normalized spacial score (nSPS) is 13.2. The Morgan fingerprint density at radius 2 is 1.80 bits per heavy atom. The van der Waals surface area contributed by atoms with Crippen molar-refractivity contribution in [1.82, 2.24) is 29.0 Å². The van der Waals surface area contributed by atoms with Gasteiger partial charge in [0.25, 0.3) is 0 Å². The van der Waals surface area contributed by atoms with Crippen LogP contribution in [-0.2, 0) is 11.2 Å².